The lowest BCUT2D eigenvalue weighted by Gasteiger charge is -2.07. The van der Waals surface area contributed by atoms with Crippen LogP contribution in [0.4, 0.5) is 26.3 Å². The molecule has 0 atom stereocenters. The Labute approximate surface area is 110 Å². The Kier molecular flexibility index (Phi) is 7.36. The Morgan fingerprint density at radius 1 is 0.650 bits per heavy atom. The highest BCUT2D eigenvalue weighted by atomic mass is 19.4. The molecule has 4 nitrogen and oxygen atoms in total. The van der Waals surface area contributed by atoms with Crippen molar-refractivity contribution in [3.8, 4) is 0 Å². The second-order valence-electron chi connectivity index (χ2n) is 3.75. The lowest BCUT2D eigenvalue weighted by molar-refractivity contribution is -0.307. The summed E-state index contributed by atoms with van der Waals surface area (Å²) >= 11 is 0. The monoisotopic (exact) mass is 310 g/mol. The molecule has 0 unspecified atom stereocenters. The van der Waals surface area contributed by atoms with Crippen LogP contribution in [0.5, 0.6) is 0 Å². The molecule has 118 valence electrons. The van der Waals surface area contributed by atoms with Crippen molar-refractivity contribution >= 4 is 11.9 Å². The van der Waals surface area contributed by atoms with E-state index in [9.17, 15) is 35.9 Å². The van der Waals surface area contributed by atoms with Crippen molar-refractivity contribution < 1.29 is 45.4 Å². The molecular formula is C10H12F6O4. The molecule has 0 rings (SSSR count). The second-order valence-corrected chi connectivity index (χ2v) is 3.75. The van der Waals surface area contributed by atoms with Gasteiger partial charge in [-0.1, -0.05) is 12.8 Å². The number of hydrogen-bond acceptors (Lipinski definition) is 4. The van der Waals surface area contributed by atoms with Crippen LogP contribution in [0.25, 0.3) is 0 Å². The fourth-order valence-electron chi connectivity index (χ4n) is 1.25. The van der Waals surface area contributed by atoms with Crippen LogP contribution in [0.15, 0.2) is 0 Å². The zero-order valence-corrected chi connectivity index (χ0v) is 10.1. The molecule has 0 N–H and O–H groups in total. The zero-order valence-electron chi connectivity index (χ0n) is 10.1. The molecule has 0 amide bonds. The standard InChI is InChI=1S/C10H12F6O4/c11-9(12,13)19-7(17)5-3-1-2-4-6-8(18)20-10(14,15)16/h1-6H2. The van der Waals surface area contributed by atoms with Crippen LogP contribution in [0, 0.1) is 0 Å². The summed E-state index contributed by atoms with van der Waals surface area (Å²) in [5.41, 5.74) is 0. The molecule has 0 spiro atoms. The van der Waals surface area contributed by atoms with Gasteiger partial charge >= 0.3 is 24.7 Å². The molecule has 0 heterocycles. The van der Waals surface area contributed by atoms with E-state index in [4.69, 9.17) is 0 Å². The SMILES string of the molecule is O=C(CCCCCCC(=O)OC(F)(F)F)OC(F)(F)F. The Balaban J connectivity index is 3.54. The van der Waals surface area contributed by atoms with Gasteiger partial charge in [-0.25, -0.2) is 0 Å². The number of esters is 2. The molecule has 20 heavy (non-hydrogen) atoms. The predicted octanol–water partition coefficient (Wildman–Crippen LogP) is 3.45. The summed E-state index contributed by atoms with van der Waals surface area (Å²) in [5.74, 6) is -2.84. The number of hydrogen-bond donors (Lipinski definition) is 0. The van der Waals surface area contributed by atoms with Crippen LogP contribution in [0.1, 0.15) is 38.5 Å². The molecule has 0 saturated carbocycles. The van der Waals surface area contributed by atoms with Gasteiger partial charge in [0, 0.05) is 12.8 Å². The van der Waals surface area contributed by atoms with Crippen molar-refractivity contribution in [3.05, 3.63) is 0 Å². The number of ether oxygens (including phenoxy) is 2. The van der Waals surface area contributed by atoms with Crippen molar-refractivity contribution in [2.24, 2.45) is 0 Å². The highest BCUT2D eigenvalue weighted by Gasteiger charge is 2.34. The van der Waals surface area contributed by atoms with Crippen LogP contribution in [0.3, 0.4) is 0 Å². The topological polar surface area (TPSA) is 52.6 Å². The van der Waals surface area contributed by atoms with Gasteiger partial charge in [0.2, 0.25) is 0 Å². The van der Waals surface area contributed by atoms with Gasteiger partial charge in [-0.2, -0.15) is 0 Å². The number of carbonyl (C=O) groups excluding carboxylic acids is 2. The molecule has 0 aliphatic rings. The molecule has 0 aromatic rings. The number of alkyl halides is 6. The smallest absolute Gasteiger partial charge is 0.373 e. The highest BCUT2D eigenvalue weighted by molar-refractivity contribution is 5.69. The van der Waals surface area contributed by atoms with E-state index in [1.807, 2.05) is 0 Å². The molecule has 10 heteroatoms. The van der Waals surface area contributed by atoms with E-state index in [1.54, 1.807) is 0 Å². The van der Waals surface area contributed by atoms with Gasteiger partial charge in [0.05, 0.1) is 0 Å². The first-order chi connectivity index (χ1) is 8.99. The van der Waals surface area contributed by atoms with E-state index in [-0.39, 0.29) is 25.7 Å². The Bertz CT molecular complexity index is 291. The summed E-state index contributed by atoms with van der Waals surface area (Å²) in [7, 11) is 0. The van der Waals surface area contributed by atoms with Gasteiger partial charge in [-0.3, -0.25) is 9.59 Å². The fourth-order valence-corrected chi connectivity index (χ4v) is 1.25. The molecule has 0 fully saturated rings. The molecular weight excluding hydrogens is 298 g/mol. The first kappa shape index (κ1) is 18.5. The highest BCUT2D eigenvalue weighted by Crippen LogP contribution is 2.19. The van der Waals surface area contributed by atoms with Crippen LogP contribution >= 0.6 is 0 Å². The molecule has 0 aliphatic carbocycles. The number of unbranched alkanes of at least 4 members (excludes halogenated alkanes) is 3. The molecule has 0 saturated heterocycles. The number of rotatable bonds is 7. The van der Waals surface area contributed by atoms with E-state index in [0.717, 1.165) is 0 Å². The van der Waals surface area contributed by atoms with Crippen molar-refractivity contribution in [2.45, 2.75) is 51.2 Å². The van der Waals surface area contributed by atoms with E-state index in [2.05, 4.69) is 9.47 Å². The Morgan fingerprint density at radius 2 is 0.950 bits per heavy atom. The third kappa shape index (κ3) is 13.0. The van der Waals surface area contributed by atoms with Gasteiger partial charge in [-0.15, -0.1) is 26.3 Å². The molecule has 0 aliphatic heterocycles. The van der Waals surface area contributed by atoms with E-state index in [1.165, 1.54) is 0 Å². The molecule has 0 aromatic carbocycles. The van der Waals surface area contributed by atoms with Crippen LogP contribution in [-0.2, 0) is 19.1 Å². The number of carbonyl (C=O) groups is 2. The van der Waals surface area contributed by atoms with Crippen molar-refractivity contribution in [1.82, 2.24) is 0 Å². The minimum atomic E-state index is -5.02. The summed E-state index contributed by atoms with van der Waals surface area (Å²) < 4.78 is 75.6. The van der Waals surface area contributed by atoms with Crippen LogP contribution in [0.2, 0.25) is 0 Å². The second kappa shape index (κ2) is 7.95. The van der Waals surface area contributed by atoms with Crippen molar-refractivity contribution in [1.29, 1.82) is 0 Å². The van der Waals surface area contributed by atoms with Gasteiger partial charge in [0.1, 0.15) is 0 Å². The van der Waals surface area contributed by atoms with E-state index < -0.39 is 37.5 Å². The third-order valence-corrected chi connectivity index (χ3v) is 1.97. The maximum atomic E-state index is 11.6. The first-order valence-corrected chi connectivity index (χ1v) is 5.57. The summed E-state index contributed by atoms with van der Waals surface area (Å²) in [4.78, 5) is 21.2. The van der Waals surface area contributed by atoms with E-state index >= 15 is 0 Å². The average Bonchev–Trinajstić information content (AvgIpc) is 2.17. The largest absolute Gasteiger partial charge is 0.575 e. The van der Waals surface area contributed by atoms with Gasteiger partial charge < -0.3 is 9.47 Å². The van der Waals surface area contributed by atoms with Gasteiger partial charge in [0.25, 0.3) is 0 Å². The average molecular weight is 310 g/mol. The maximum Gasteiger partial charge on any atom is 0.575 e. The zero-order chi connectivity index (χ0) is 15.8. The van der Waals surface area contributed by atoms with Crippen LogP contribution < -0.4 is 0 Å². The lowest BCUT2D eigenvalue weighted by Crippen LogP contribution is -2.19. The lowest BCUT2D eigenvalue weighted by atomic mass is 10.1. The maximum absolute atomic E-state index is 11.6. The van der Waals surface area contributed by atoms with Crippen molar-refractivity contribution in [2.75, 3.05) is 0 Å². The quantitative estimate of drug-likeness (QED) is 0.410. The van der Waals surface area contributed by atoms with Gasteiger partial charge in [0.15, 0.2) is 0 Å². The van der Waals surface area contributed by atoms with E-state index in [0.29, 0.717) is 0 Å². The fraction of sp³-hybridized carbons (Fsp3) is 0.800. The predicted molar refractivity (Wildman–Crippen MR) is 52.0 cm³/mol. The minimum Gasteiger partial charge on any atom is -0.373 e. The summed E-state index contributed by atoms with van der Waals surface area (Å²) in [5, 5.41) is 0. The third-order valence-electron chi connectivity index (χ3n) is 1.97. The minimum absolute atomic E-state index is 0.0865. The van der Waals surface area contributed by atoms with Crippen LogP contribution in [-0.4, -0.2) is 24.7 Å². The first-order valence-electron chi connectivity index (χ1n) is 5.57. The summed E-state index contributed by atoms with van der Waals surface area (Å²) in [6, 6.07) is 0. The summed E-state index contributed by atoms with van der Waals surface area (Å²) in [6.45, 7) is 0. The normalized spacial score (nSPS) is 12.1. The Hall–Kier alpha value is -1.48. The van der Waals surface area contributed by atoms with Crippen molar-refractivity contribution in [3.63, 3.8) is 0 Å². The molecule has 0 radical (unpaired) electrons. The Morgan fingerprint density at radius 3 is 1.20 bits per heavy atom. The molecule has 0 bridgehead atoms. The summed E-state index contributed by atoms with van der Waals surface area (Å²) in [6.07, 6.45) is -10.2. The molecule has 0 aromatic heterocycles. The van der Waals surface area contributed by atoms with Gasteiger partial charge in [-0.05, 0) is 12.8 Å². The number of halogens is 6.